The van der Waals surface area contributed by atoms with Crippen molar-refractivity contribution in [3.8, 4) is 0 Å². The van der Waals surface area contributed by atoms with E-state index in [9.17, 15) is 9.59 Å². The molecule has 1 aromatic rings. The van der Waals surface area contributed by atoms with Gasteiger partial charge in [-0.05, 0) is 74.1 Å². The molecule has 3 aliphatic rings. The maximum absolute atomic E-state index is 12.7. The van der Waals surface area contributed by atoms with Crippen LogP contribution in [0.1, 0.15) is 55.8 Å². The SMILES string of the molecule is CC1CC1C(=O)Nc1ccc(C(=O)NC2C3CCCC2CC(N)C3)cc1.Cl. The van der Waals surface area contributed by atoms with Crippen molar-refractivity contribution in [2.75, 3.05) is 5.32 Å². The number of rotatable bonds is 4. The number of fused-ring (bicyclic) bond motifs is 2. The van der Waals surface area contributed by atoms with Crippen molar-refractivity contribution >= 4 is 29.9 Å². The van der Waals surface area contributed by atoms with Crippen LogP contribution < -0.4 is 16.4 Å². The zero-order chi connectivity index (χ0) is 18.3. The molecular weight excluding hydrogens is 362 g/mol. The molecule has 27 heavy (non-hydrogen) atoms. The average molecular weight is 392 g/mol. The maximum atomic E-state index is 12.7. The summed E-state index contributed by atoms with van der Waals surface area (Å²) in [5, 5.41) is 6.20. The zero-order valence-corrected chi connectivity index (χ0v) is 16.6. The molecule has 4 unspecified atom stereocenters. The molecule has 148 valence electrons. The van der Waals surface area contributed by atoms with Crippen molar-refractivity contribution in [2.24, 2.45) is 29.4 Å². The Bertz CT molecular complexity index is 679. The Labute approximate surface area is 167 Å². The highest BCUT2D eigenvalue weighted by Crippen LogP contribution is 2.40. The lowest BCUT2D eigenvalue weighted by molar-refractivity contribution is -0.117. The van der Waals surface area contributed by atoms with Crippen LogP contribution in [0.4, 0.5) is 5.69 Å². The Hall–Kier alpha value is -1.59. The molecule has 4 rings (SSSR count). The lowest BCUT2D eigenvalue weighted by Crippen LogP contribution is -2.53. The molecule has 3 fully saturated rings. The largest absolute Gasteiger partial charge is 0.349 e. The normalized spacial score (nSPS) is 34.1. The Morgan fingerprint density at radius 1 is 1.04 bits per heavy atom. The summed E-state index contributed by atoms with van der Waals surface area (Å²) < 4.78 is 0. The summed E-state index contributed by atoms with van der Waals surface area (Å²) in [5.41, 5.74) is 7.58. The third-order valence-corrected chi connectivity index (χ3v) is 6.54. The average Bonchev–Trinajstić information content (AvgIpc) is 3.33. The van der Waals surface area contributed by atoms with Crippen LogP contribution in [-0.2, 0) is 4.79 Å². The summed E-state index contributed by atoms with van der Waals surface area (Å²) in [5.74, 6) is 1.73. The highest BCUT2D eigenvalue weighted by atomic mass is 35.5. The monoisotopic (exact) mass is 391 g/mol. The van der Waals surface area contributed by atoms with Gasteiger partial charge in [-0.2, -0.15) is 0 Å². The van der Waals surface area contributed by atoms with Crippen LogP contribution in [-0.4, -0.2) is 23.9 Å². The highest BCUT2D eigenvalue weighted by molar-refractivity contribution is 5.97. The number of halogens is 1. The van der Waals surface area contributed by atoms with Gasteiger partial charge in [-0.15, -0.1) is 12.4 Å². The molecule has 0 aromatic heterocycles. The van der Waals surface area contributed by atoms with Crippen LogP contribution in [0.5, 0.6) is 0 Å². The number of carbonyl (C=O) groups is 2. The van der Waals surface area contributed by atoms with E-state index in [2.05, 4.69) is 17.6 Å². The van der Waals surface area contributed by atoms with Crippen LogP contribution in [0, 0.1) is 23.7 Å². The molecule has 4 atom stereocenters. The van der Waals surface area contributed by atoms with Gasteiger partial charge in [-0.1, -0.05) is 13.3 Å². The molecular formula is C21H30ClN3O2. The first-order valence-corrected chi connectivity index (χ1v) is 9.98. The minimum absolute atomic E-state index is 0. The van der Waals surface area contributed by atoms with Crippen LogP contribution in [0.25, 0.3) is 0 Å². The van der Waals surface area contributed by atoms with Crippen molar-refractivity contribution in [1.82, 2.24) is 5.32 Å². The number of amides is 2. The van der Waals surface area contributed by atoms with Crippen LogP contribution in [0.3, 0.4) is 0 Å². The number of hydrogen-bond acceptors (Lipinski definition) is 3. The number of carbonyl (C=O) groups excluding carboxylic acids is 2. The number of nitrogens with one attached hydrogen (secondary N) is 2. The predicted molar refractivity (Wildman–Crippen MR) is 109 cm³/mol. The molecule has 6 heteroatoms. The van der Waals surface area contributed by atoms with E-state index < -0.39 is 0 Å². The molecule has 0 spiro atoms. The first-order chi connectivity index (χ1) is 12.5. The van der Waals surface area contributed by atoms with Crippen molar-refractivity contribution in [2.45, 2.75) is 57.5 Å². The molecule has 0 heterocycles. The number of benzene rings is 1. The first-order valence-electron chi connectivity index (χ1n) is 9.98. The van der Waals surface area contributed by atoms with Gasteiger partial charge in [0, 0.05) is 29.3 Å². The molecule has 0 aliphatic heterocycles. The second kappa shape index (κ2) is 8.19. The molecule has 4 N–H and O–H groups in total. The van der Waals surface area contributed by atoms with Gasteiger partial charge in [0.25, 0.3) is 5.91 Å². The zero-order valence-electron chi connectivity index (χ0n) is 15.8. The van der Waals surface area contributed by atoms with Gasteiger partial charge in [-0.25, -0.2) is 0 Å². The van der Waals surface area contributed by atoms with Gasteiger partial charge in [0.05, 0.1) is 0 Å². The fourth-order valence-electron chi connectivity index (χ4n) is 4.89. The predicted octanol–water partition coefficient (Wildman–Crippen LogP) is 3.34. The second-order valence-electron chi connectivity index (χ2n) is 8.57. The van der Waals surface area contributed by atoms with E-state index in [1.807, 2.05) is 12.1 Å². The molecule has 1 aromatic carbocycles. The van der Waals surface area contributed by atoms with Crippen molar-refractivity contribution in [3.63, 3.8) is 0 Å². The first kappa shape index (κ1) is 20.2. The number of nitrogens with two attached hydrogens (primary N) is 1. The molecule has 3 saturated carbocycles. The standard InChI is InChI=1S/C21H29N3O2.ClH/c1-12-9-18(12)21(26)23-17-7-5-13(6-8-17)20(25)24-19-14-3-2-4-15(19)11-16(22)10-14;/h5-8,12,14-16,18-19H,2-4,9-11,22H2,1H3,(H,23,26)(H,24,25);1H. The number of hydrogen-bond donors (Lipinski definition) is 3. The fourth-order valence-corrected chi connectivity index (χ4v) is 4.89. The van der Waals surface area contributed by atoms with Crippen LogP contribution >= 0.6 is 12.4 Å². The minimum Gasteiger partial charge on any atom is -0.349 e. The summed E-state index contributed by atoms with van der Waals surface area (Å²) in [6.45, 7) is 2.09. The van der Waals surface area contributed by atoms with Crippen LogP contribution in [0.2, 0.25) is 0 Å². The molecule has 2 bridgehead atoms. The molecule has 0 radical (unpaired) electrons. The van der Waals surface area contributed by atoms with Crippen molar-refractivity contribution in [3.05, 3.63) is 29.8 Å². The molecule has 0 saturated heterocycles. The van der Waals surface area contributed by atoms with Gasteiger partial charge in [0.1, 0.15) is 0 Å². The third kappa shape index (κ3) is 4.46. The summed E-state index contributed by atoms with van der Waals surface area (Å²) in [4.78, 5) is 24.7. The van der Waals surface area contributed by atoms with E-state index in [1.165, 1.54) is 19.3 Å². The topological polar surface area (TPSA) is 84.2 Å². The summed E-state index contributed by atoms with van der Waals surface area (Å²) in [6.07, 6.45) is 6.60. The minimum atomic E-state index is -0.0175. The lowest BCUT2D eigenvalue weighted by Gasteiger charge is -2.45. The lowest BCUT2D eigenvalue weighted by atomic mass is 9.67. The van der Waals surface area contributed by atoms with Gasteiger partial charge < -0.3 is 16.4 Å². The van der Waals surface area contributed by atoms with Crippen LogP contribution in [0.15, 0.2) is 24.3 Å². The smallest absolute Gasteiger partial charge is 0.251 e. The van der Waals surface area contributed by atoms with E-state index in [-0.39, 0.29) is 42.2 Å². The summed E-state index contributed by atoms with van der Waals surface area (Å²) >= 11 is 0. The molecule has 3 aliphatic carbocycles. The Morgan fingerprint density at radius 3 is 2.19 bits per heavy atom. The maximum Gasteiger partial charge on any atom is 0.251 e. The second-order valence-corrected chi connectivity index (χ2v) is 8.57. The number of anilines is 1. The van der Waals surface area contributed by atoms with E-state index in [1.54, 1.807) is 12.1 Å². The van der Waals surface area contributed by atoms with Crippen molar-refractivity contribution < 1.29 is 9.59 Å². The fraction of sp³-hybridized carbons (Fsp3) is 0.619. The quantitative estimate of drug-likeness (QED) is 0.735. The highest BCUT2D eigenvalue weighted by Gasteiger charge is 2.40. The Kier molecular flexibility index (Phi) is 6.11. The summed E-state index contributed by atoms with van der Waals surface area (Å²) in [7, 11) is 0. The Balaban J connectivity index is 0.00000210. The van der Waals surface area contributed by atoms with Gasteiger partial charge in [-0.3, -0.25) is 9.59 Å². The Morgan fingerprint density at radius 2 is 1.63 bits per heavy atom. The summed E-state index contributed by atoms with van der Waals surface area (Å²) in [6, 6.07) is 7.77. The molecule has 5 nitrogen and oxygen atoms in total. The van der Waals surface area contributed by atoms with Gasteiger partial charge in [0.2, 0.25) is 5.91 Å². The van der Waals surface area contributed by atoms with Crippen molar-refractivity contribution in [1.29, 1.82) is 0 Å². The van der Waals surface area contributed by atoms with Gasteiger partial charge >= 0.3 is 0 Å². The van der Waals surface area contributed by atoms with E-state index in [0.717, 1.165) is 24.9 Å². The van der Waals surface area contributed by atoms with E-state index in [4.69, 9.17) is 5.73 Å². The van der Waals surface area contributed by atoms with Gasteiger partial charge in [0.15, 0.2) is 0 Å². The third-order valence-electron chi connectivity index (χ3n) is 6.54. The van der Waals surface area contributed by atoms with E-state index in [0.29, 0.717) is 23.3 Å². The molecule has 2 amide bonds. The van der Waals surface area contributed by atoms with E-state index >= 15 is 0 Å².